The number of imidazole rings is 1. The van der Waals surface area contributed by atoms with Gasteiger partial charge in [-0.15, -0.1) is 0 Å². The standard InChI is InChI=1S/C17H32N4/c1-4-10-18-16(15-8-6-5-7-9-15)13-20(2)14-17-19-11-12-21(17)3/h11-12,15-16,18H,4-10,13-14H2,1-3H3. The molecule has 4 nitrogen and oxygen atoms in total. The van der Waals surface area contributed by atoms with Gasteiger partial charge in [-0.3, -0.25) is 4.90 Å². The third kappa shape index (κ3) is 5.11. The minimum atomic E-state index is 0.635. The Labute approximate surface area is 129 Å². The van der Waals surface area contributed by atoms with Crippen molar-refractivity contribution in [1.29, 1.82) is 0 Å². The van der Waals surface area contributed by atoms with E-state index in [1.54, 1.807) is 0 Å². The first-order valence-electron chi connectivity index (χ1n) is 8.58. The summed E-state index contributed by atoms with van der Waals surface area (Å²) in [5, 5.41) is 3.80. The molecule has 120 valence electrons. The van der Waals surface area contributed by atoms with E-state index < -0.39 is 0 Å². The van der Waals surface area contributed by atoms with E-state index in [0.29, 0.717) is 6.04 Å². The monoisotopic (exact) mass is 292 g/mol. The van der Waals surface area contributed by atoms with Crippen molar-refractivity contribution in [3.63, 3.8) is 0 Å². The molecule has 1 saturated carbocycles. The van der Waals surface area contributed by atoms with Crippen LogP contribution in [0.15, 0.2) is 12.4 Å². The molecule has 0 bridgehead atoms. The number of nitrogens with one attached hydrogen (secondary N) is 1. The van der Waals surface area contributed by atoms with Crippen LogP contribution in [0.4, 0.5) is 0 Å². The minimum Gasteiger partial charge on any atom is -0.337 e. The number of likely N-dealkylation sites (N-methyl/N-ethyl adjacent to an activating group) is 1. The third-order valence-electron chi connectivity index (χ3n) is 4.72. The molecule has 0 saturated heterocycles. The maximum Gasteiger partial charge on any atom is 0.122 e. The molecule has 21 heavy (non-hydrogen) atoms. The van der Waals surface area contributed by atoms with Crippen LogP contribution < -0.4 is 5.32 Å². The average Bonchev–Trinajstić information content (AvgIpc) is 2.89. The van der Waals surface area contributed by atoms with Crippen molar-refractivity contribution in [3.05, 3.63) is 18.2 Å². The Hall–Kier alpha value is -0.870. The van der Waals surface area contributed by atoms with Crippen molar-refractivity contribution in [2.75, 3.05) is 20.1 Å². The Bertz CT molecular complexity index is 395. The zero-order valence-electron chi connectivity index (χ0n) is 14.0. The third-order valence-corrected chi connectivity index (χ3v) is 4.72. The molecule has 1 aliphatic rings. The SMILES string of the molecule is CCCNC(CN(C)Cc1nccn1C)C1CCCCC1. The van der Waals surface area contributed by atoms with Gasteiger partial charge in [0, 0.05) is 32.0 Å². The Morgan fingerprint density at radius 3 is 2.76 bits per heavy atom. The molecular weight excluding hydrogens is 260 g/mol. The van der Waals surface area contributed by atoms with Crippen LogP contribution in [0.2, 0.25) is 0 Å². The number of hydrogen-bond donors (Lipinski definition) is 1. The molecule has 1 heterocycles. The highest BCUT2D eigenvalue weighted by Gasteiger charge is 2.24. The summed E-state index contributed by atoms with van der Waals surface area (Å²) in [4.78, 5) is 6.86. The fourth-order valence-corrected chi connectivity index (χ4v) is 3.44. The predicted octanol–water partition coefficient (Wildman–Crippen LogP) is 2.80. The molecule has 0 amide bonds. The maximum absolute atomic E-state index is 4.44. The first-order chi connectivity index (χ1) is 10.2. The van der Waals surface area contributed by atoms with E-state index in [4.69, 9.17) is 0 Å². The largest absolute Gasteiger partial charge is 0.337 e. The van der Waals surface area contributed by atoms with Gasteiger partial charge in [0.2, 0.25) is 0 Å². The fraction of sp³-hybridized carbons (Fsp3) is 0.824. The van der Waals surface area contributed by atoms with Gasteiger partial charge in [-0.2, -0.15) is 0 Å². The van der Waals surface area contributed by atoms with Gasteiger partial charge in [-0.1, -0.05) is 26.2 Å². The van der Waals surface area contributed by atoms with Crippen molar-refractivity contribution in [2.24, 2.45) is 13.0 Å². The van der Waals surface area contributed by atoms with E-state index in [0.717, 1.165) is 31.4 Å². The summed E-state index contributed by atoms with van der Waals surface area (Å²) < 4.78 is 2.12. The molecule has 0 aliphatic heterocycles. The summed E-state index contributed by atoms with van der Waals surface area (Å²) in [6.07, 6.45) is 12.2. The van der Waals surface area contributed by atoms with Crippen LogP contribution in [0.25, 0.3) is 0 Å². The van der Waals surface area contributed by atoms with Gasteiger partial charge in [-0.05, 0) is 38.8 Å². The number of nitrogens with zero attached hydrogens (tertiary/aromatic N) is 3. The molecule has 1 aromatic heterocycles. The van der Waals surface area contributed by atoms with Gasteiger partial charge in [0.25, 0.3) is 0 Å². The molecule has 2 rings (SSSR count). The normalized spacial score (nSPS) is 18.3. The molecule has 0 spiro atoms. The molecule has 4 heteroatoms. The zero-order valence-corrected chi connectivity index (χ0v) is 14.0. The van der Waals surface area contributed by atoms with Crippen LogP contribution in [-0.2, 0) is 13.6 Å². The highest BCUT2D eigenvalue weighted by Crippen LogP contribution is 2.27. The average molecular weight is 292 g/mol. The second-order valence-corrected chi connectivity index (χ2v) is 6.61. The molecule has 0 aromatic carbocycles. The van der Waals surface area contributed by atoms with Gasteiger partial charge in [-0.25, -0.2) is 4.98 Å². The van der Waals surface area contributed by atoms with Gasteiger partial charge < -0.3 is 9.88 Å². The first-order valence-corrected chi connectivity index (χ1v) is 8.58. The van der Waals surface area contributed by atoms with Crippen LogP contribution in [0.1, 0.15) is 51.3 Å². The summed E-state index contributed by atoms with van der Waals surface area (Å²) in [5.41, 5.74) is 0. The molecule has 1 N–H and O–H groups in total. The Morgan fingerprint density at radius 1 is 1.38 bits per heavy atom. The zero-order chi connectivity index (χ0) is 15.1. The van der Waals surface area contributed by atoms with E-state index >= 15 is 0 Å². The second-order valence-electron chi connectivity index (χ2n) is 6.61. The van der Waals surface area contributed by atoms with Gasteiger partial charge in [0.05, 0.1) is 6.54 Å². The van der Waals surface area contributed by atoms with Crippen LogP contribution >= 0.6 is 0 Å². The van der Waals surface area contributed by atoms with Gasteiger partial charge in [0.15, 0.2) is 0 Å². The van der Waals surface area contributed by atoms with E-state index in [1.807, 2.05) is 12.4 Å². The summed E-state index contributed by atoms with van der Waals surface area (Å²) in [5.74, 6) is 2.00. The molecule has 1 unspecified atom stereocenters. The maximum atomic E-state index is 4.44. The first kappa shape index (κ1) is 16.5. The van der Waals surface area contributed by atoms with Crippen LogP contribution in [0.5, 0.6) is 0 Å². The van der Waals surface area contributed by atoms with Crippen LogP contribution in [-0.4, -0.2) is 40.6 Å². The van der Waals surface area contributed by atoms with Crippen LogP contribution in [0.3, 0.4) is 0 Å². The second kappa shape index (κ2) is 8.54. The highest BCUT2D eigenvalue weighted by atomic mass is 15.2. The molecule has 1 fully saturated rings. The topological polar surface area (TPSA) is 33.1 Å². The Morgan fingerprint density at radius 2 is 2.14 bits per heavy atom. The lowest BCUT2D eigenvalue weighted by atomic mass is 9.83. The fourth-order valence-electron chi connectivity index (χ4n) is 3.44. The summed E-state index contributed by atoms with van der Waals surface area (Å²) in [7, 11) is 4.29. The van der Waals surface area contributed by atoms with E-state index in [-0.39, 0.29) is 0 Å². The molecule has 1 aromatic rings. The predicted molar refractivity (Wildman–Crippen MR) is 88.2 cm³/mol. The lowest BCUT2D eigenvalue weighted by molar-refractivity contribution is 0.198. The summed E-state index contributed by atoms with van der Waals surface area (Å²) in [6.45, 7) is 5.44. The van der Waals surface area contributed by atoms with E-state index in [1.165, 1.54) is 38.5 Å². The number of aromatic nitrogens is 2. The molecule has 1 atom stereocenters. The van der Waals surface area contributed by atoms with Crippen molar-refractivity contribution in [3.8, 4) is 0 Å². The molecule has 1 aliphatic carbocycles. The lowest BCUT2D eigenvalue weighted by Crippen LogP contribution is -2.45. The number of hydrogen-bond acceptors (Lipinski definition) is 3. The Kier molecular flexibility index (Phi) is 6.71. The summed E-state index contributed by atoms with van der Waals surface area (Å²) in [6, 6.07) is 0.635. The highest BCUT2D eigenvalue weighted by molar-refractivity contribution is 4.91. The van der Waals surface area contributed by atoms with E-state index in [2.05, 4.69) is 40.8 Å². The van der Waals surface area contributed by atoms with Gasteiger partial charge >= 0.3 is 0 Å². The van der Waals surface area contributed by atoms with Crippen molar-refractivity contribution < 1.29 is 0 Å². The van der Waals surface area contributed by atoms with Crippen molar-refractivity contribution in [2.45, 2.75) is 58.0 Å². The smallest absolute Gasteiger partial charge is 0.122 e. The lowest BCUT2D eigenvalue weighted by Gasteiger charge is -2.34. The van der Waals surface area contributed by atoms with E-state index in [9.17, 15) is 0 Å². The van der Waals surface area contributed by atoms with Crippen LogP contribution in [0, 0.1) is 5.92 Å². The number of aryl methyl sites for hydroxylation is 1. The minimum absolute atomic E-state index is 0.635. The molecular formula is C17H32N4. The molecule has 0 radical (unpaired) electrons. The van der Waals surface area contributed by atoms with Crippen molar-refractivity contribution in [1.82, 2.24) is 19.8 Å². The quantitative estimate of drug-likeness (QED) is 0.800. The number of rotatable bonds is 8. The van der Waals surface area contributed by atoms with Crippen molar-refractivity contribution >= 4 is 0 Å². The summed E-state index contributed by atoms with van der Waals surface area (Å²) >= 11 is 0. The van der Waals surface area contributed by atoms with Gasteiger partial charge in [0.1, 0.15) is 5.82 Å². The Balaban J connectivity index is 1.88.